The van der Waals surface area contributed by atoms with Crippen molar-refractivity contribution in [3.05, 3.63) is 0 Å². The lowest BCUT2D eigenvalue weighted by Gasteiger charge is -2.02. The van der Waals surface area contributed by atoms with E-state index in [2.05, 4.69) is 4.52 Å². The van der Waals surface area contributed by atoms with E-state index in [1.54, 1.807) is 0 Å². The highest BCUT2D eigenvalue weighted by Crippen LogP contribution is 2.61. The number of unbranched alkanes of at least 4 members (excludes halogenated alkanes) is 2. The molecule has 0 heterocycles. The van der Waals surface area contributed by atoms with Crippen LogP contribution in [0.3, 0.4) is 0 Å². The highest BCUT2D eigenvalue weighted by atomic mass is 32.1. The van der Waals surface area contributed by atoms with Gasteiger partial charge in [0.1, 0.15) is 0 Å². The minimum absolute atomic E-state index is 0.0188. The zero-order chi connectivity index (χ0) is 9.61. The van der Waals surface area contributed by atoms with E-state index in [4.69, 9.17) is 4.89 Å². The molecule has 12 heavy (non-hydrogen) atoms. The largest absolute Gasteiger partial charge is 0.587 e. The molecule has 5 nitrogen and oxygen atoms in total. The first-order chi connectivity index (χ1) is 5.50. The molecule has 0 aromatic rings. The maximum Gasteiger partial charge on any atom is 0.564 e. The van der Waals surface area contributed by atoms with Gasteiger partial charge >= 0.3 is 15.0 Å². The molecule has 0 aromatic carbocycles. The van der Waals surface area contributed by atoms with Crippen LogP contribution in [0.15, 0.2) is 0 Å². The van der Waals surface area contributed by atoms with Gasteiger partial charge in [0, 0.05) is 0 Å². The lowest BCUT2D eigenvalue weighted by molar-refractivity contribution is -0.160. The quantitative estimate of drug-likeness (QED) is 0.533. The second-order valence-corrected chi connectivity index (χ2v) is 6.48. The van der Waals surface area contributed by atoms with Crippen molar-refractivity contribution < 1.29 is 23.4 Å². The molecular weight excluding hydrogens is 202 g/mol. The molecule has 0 aliphatic carbocycles. The van der Waals surface area contributed by atoms with E-state index in [1.807, 2.05) is 6.92 Å². The average Bonchev–Trinajstić information content (AvgIpc) is 1.98. The summed E-state index contributed by atoms with van der Waals surface area (Å²) in [6, 6.07) is 0. The smallest absolute Gasteiger partial charge is 0.564 e. The van der Waals surface area contributed by atoms with Crippen molar-refractivity contribution in [1.82, 2.24) is 0 Å². The molecule has 0 bridgehead atoms. The molecule has 0 aliphatic rings. The van der Waals surface area contributed by atoms with E-state index < -0.39 is 15.0 Å². The van der Waals surface area contributed by atoms with Crippen LogP contribution in [-0.2, 0) is 13.7 Å². The Morgan fingerprint density at radius 2 is 2.17 bits per heavy atom. The zero-order valence-corrected chi connectivity index (χ0v) is 8.59. The molecule has 0 saturated carbocycles. The lowest BCUT2D eigenvalue weighted by atomic mass is 10.3. The van der Waals surface area contributed by atoms with Crippen LogP contribution in [0.1, 0.15) is 26.2 Å². The van der Waals surface area contributed by atoms with Crippen LogP contribution in [-0.4, -0.2) is 11.5 Å². The molecule has 0 spiro atoms. The van der Waals surface area contributed by atoms with Gasteiger partial charge in [-0.3, -0.25) is 9.42 Å². The van der Waals surface area contributed by atoms with E-state index >= 15 is 0 Å². The summed E-state index contributed by atoms with van der Waals surface area (Å²) >= 11 is 0. The van der Waals surface area contributed by atoms with Crippen LogP contribution in [0.5, 0.6) is 0 Å². The van der Waals surface area contributed by atoms with Crippen LogP contribution in [0.4, 0.5) is 0 Å². The minimum Gasteiger partial charge on any atom is -0.587 e. The number of hydrogen-bond donors (Lipinski definition) is 1. The van der Waals surface area contributed by atoms with E-state index in [0.29, 0.717) is 6.42 Å². The molecule has 0 rings (SSSR count). The Bertz CT molecular complexity index is 192. The molecule has 0 radical (unpaired) electrons. The van der Waals surface area contributed by atoms with Crippen molar-refractivity contribution >= 4 is 15.0 Å². The summed E-state index contributed by atoms with van der Waals surface area (Å²) in [5.74, 6) is 0. The fourth-order valence-corrected chi connectivity index (χ4v) is 1.57. The molecule has 0 amide bonds. The molecule has 0 aromatic heterocycles. The Hall–Kier alpha value is 0.210. The fourth-order valence-electron chi connectivity index (χ4n) is 0.583. The van der Waals surface area contributed by atoms with Gasteiger partial charge in [-0.15, -0.1) is 0 Å². The molecule has 1 N–H and O–H groups in total. The van der Waals surface area contributed by atoms with Crippen molar-refractivity contribution in [2.45, 2.75) is 26.2 Å². The highest BCUT2D eigenvalue weighted by molar-refractivity contribution is 8.19. The molecule has 72 valence electrons. The Labute approximate surface area is 72.1 Å². The Balaban J connectivity index is 3.63. The fraction of sp³-hybridized carbons (Fsp3) is 1.00. The molecule has 2 unspecified atom stereocenters. The predicted octanol–water partition coefficient (Wildman–Crippen LogP) is 1.40. The van der Waals surface area contributed by atoms with Crippen LogP contribution in [0.25, 0.3) is 0 Å². The van der Waals surface area contributed by atoms with Gasteiger partial charge in [0.05, 0.1) is 6.61 Å². The molecular formula is C5H12O5P2. The van der Waals surface area contributed by atoms with Crippen LogP contribution < -0.4 is 4.89 Å². The Morgan fingerprint density at radius 3 is 2.58 bits per heavy atom. The molecule has 2 atom stereocenters. The van der Waals surface area contributed by atoms with E-state index in [-0.39, 0.29) is 6.61 Å². The zero-order valence-electron chi connectivity index (χ0n) is 6.80. The third kappa shape index (κ3) is 4.96. The predicted molar refractivity (Wildman–Crippen MR) is 42.9 cm³/mol. The van der Waals surface area contributed by atoms with Crippen molar-refractivity contribution in [3.8, 4) is 0 Å². The topological polar surface area (TPSA) is 86.7 Å². The first kappa shape index (κ1) is 12.2. The third-order valence-electron chi connectivity index (χ3n) is 1.21. The van der Waals surface area contributed by atoms with Gasteiger partial charge in [0.15, 0.2) is 0 Å². The van der Waals surface area contributed by atoms with Crippen LogP contribution >= 0.6 is 15.0 Å². The summed E-state index contributed by atoms with van der Waals surface area (Å²) in [5.41, 5.74) is 0. The summed E-state index contributed by atoms with van der Waals surface area (Å²) in [5, 5.41) is 0. The van der Waals surface area contributed by atoms with Gasteiger partial charge in [-0.1, -0.05) is 24.3 Å². The minimum atomic E-state index is -4.35. The maximum atomic E-state index is 10.6. The molecule has 0 fully saturated rings. The van der Waals surface area contributed by atoms with Crippen LogP contribution in [0, 0.1) is 0 Å². The second kappa shape index (κ2) is 5.79. The number of rotatable bonds is 6. The van der Waals surface area contributed by atoms with Crippen molar-refractivity contribution in [3.63, 3.8) is 0 Å². The van der Waals surface area contributed by atoms with E-state index in [9.17, 15) is 14.0 Å². The Kier molecular flexibility index (Phi) is 5.89. The van der Waals surface area contributed by atoms with E-state index in [1.165, 1.54) is 0 Å². The van der Waals surface area contributed by atoms with Gasteiger partial charge in [-0.25, -0.2) is 4.57 Å². The Morgan fingerprint density at radius 1 is 1.58 bits per heavy atom. The normalized spacial score (nSPS) is 17.1. The van der Waals surface area contributed by atoms with E-state index in [0.717, 1.165) is 12.8 Å². The SMILES string of the molecule is CCCCCOP(=O)(O)[P+](=O)[O-]. The first-order valence-corrected chi connectivity index (χ1v) is 7.09. The summed E-state index contributed by atoms with van der Waals surface area (Å²) in [6.07, 6.45) is 2.41. The number of hydrogen-bond acceptors (Lipinski definition) is 4. The van der Waals surface area contributed by atoms with Gasteiger partial charge < -0.3 is 4.89 Å². The van der Waals surface area contributed by atoms with Crippen molar-refractivity contribution in [2.75, 3.05) is 6.61 Å². The molecule has 7 heteroatoms. The molecule has 0 aliphatic heterocycles. The van der Waals surface area contributed by atoms with Gasteiger partial charge in [0.2, 0.25) is 0 Å². The standard InChI is InChI=1S/C5H12O5P2/c1-2-3-4-5-10-12(8,9)11(6)7/h2-5H2,1H3,(H,8,9). The van der Waals surface area contributed by atoms with Crippen molar-refractivity contribution in [1.29, 1.82) is 0 Å². The summed E-state index contributed by atoms with van der Waals surface area (Å²) in [6.45, 7) is 1.98. The monoisotopic (exact) mass is 214 g/mol. The first-order valence-electron chi connectivity index (χ1n) is 3.63. The third-order valence-corrected chi connectivity index (χ3v) is 3.73. The van der Waals surface area contributed by atoms with Gasteiger partial charge in [-0.2, -0.15) is 0 Å². The second-order valence-electron chi connectivity index (χ2n) is 2.27. The lowest BCUT2D eigenvalue weighted by Crippen LogP contribution is -1.94. The van der Waals surface area contributed by atoms with Gasteiger partial charge in [-0.05, 0) is 6.42 Å². The van der Waals surface area contributed by atoms with Crippen molar-refractivity contribution in [2.24, 2.45) is 0 Å². The maximum absolute atomic E-state index is 10.6. The van der Waals surface area contributed by atoms with Crippen LogP contribution in [0.2, 0.25) is 0 Å². The summed E-state index contributed by atoms with van der Waals surface area (Å²) in [4.78, 5) is 18.7. The summed E-state index contributed by atoms with van der Waals surface area (Å²) < 4.78 is 25.0. The summed E-state index contributed by atoms with van der Waals surface area (Å²) in [7, 11) is -7.73. The van der Waals surface area contributed by atoms with Gasteiger partial charge in [0.25, 0.3) is 0 Å². The average molecular weight is 214 g/mol. The highest BCUT2D eigenvalue weighted by Gasteiger charge is 2.35. The molecule has 0 saturated heterocycles.